The molecule has 7 nitrogen and oxygen atoms in total. The molecule has 1 aromatic carbocycles. The van der Waals surface area contributed by atoms with Crippen LogP contribution in [0.15, 0.2) is 47.1 Å². The van der Waals surface area contributed by atoms with Gasteiger partial charge in [0, 0.05) is 19.0 Å². The van der Waals surface area contributed by atoms with Crippen molar-refractivity contribution in [3.63, 3.8) is 0 Å². The number of para-hydroxylation sites is 1. The van der Waals surface area contributed by atoms with E-state index < -0.39 is 0 Å². The summed E-state index contributed by atoms with van der Waals surface area (Å²) >= 11 is 0. The number of hydrogen-bond acceptors (Lipinski definition) is 4. The molecule has 0 atom stereocenters. The van der Waals surface area contributed by atoms with E-state index in [4.69, 9.17) is 4.42 Å². The van der Waals surface area contributed by atoms with Gasteiger partial charge in [-0.15, -0.1) is 0 Å². The normalized spacial score (nSPS) is 13.9. The topological polar surface area (TPSA) is 100 Å². The Morgan fingerprint density at radius 3 is 2.52 bits per heavy atom. The highest BCUT2D eigenvalue weighted by Crippen LogP contribution is 2.20. The predicted molar refractivity (Wildman–Crippen MR) is 100 cm³/mol. The number of amides is 3. The van der Waals surface area contributed by atoms with E-state index in [2.05, 4.69) is 16.0 Å². The maximum atomic E-state index is 12.5. The molecule has 7 heteroatoms. The van der Waals surface area contributed by atoms with Crippen LogP contribution in [0.1, 0.15) is 53.0 Å². The maximum absolute atomic E-state index is 12.5. The second-order valence-electron chi connectivity index (χ2n) is 6.53. The summed E-state index contributed by atoms with van der Waals surface area (Å²) in [5.41, 5.74) is 0.910. The SMILES string of the molecule is O=C(CCNC(=O)c1ccco1)Nc1ccccc1C(=O)NC1CCCC1. The van der Waals surface area contributed by atoms with Crippen LogP contribution >= 0.6 is 0 Å². The third-order valence-electron chi connectivity index (χ3n) is 4.52. The first kappa shape index (κ1) is 18.7. The second kappa shape index (κ2) is 9.02. The zero-order chi connectivity index (χ0) is 19.1. The standard InChI is InChI=1S/C20H23N3O4/c24-18(11-12-21-20(26)17-10-5-13-27-17)23-16-9-4-3-8-15(16)19(25)22-14-6-1-2-7-14/h3-5,8-10,13-14H,1-2,6-7,11-12H2,(H,21,26)(H,22,25)(H,23,24). The summed E-state index contributed by atoms with van der Waals surface area (Å²) in [5.74, 6) is -0.631. The van der Waals surface area contributed by atoms with Crippen LogP contribution < -0.4 is 16.0 Å². The number of furan rings is 1. The zero-order valence-electron chi connectivity index (χ0n) is 15.0. The van der Waals surface area contributed by atoms with Crippen molar-refractivity contribution < 1.29 is 18.8 Å². The van der Waals surface area contributed by atoms with Crippen LogP contribution in [-0.2, 0) is 4.79 Å². The lowest BCUT2D eigenvalue weighted by Gasteiger charge is -2.15. The highest BCUT2D eigenvalue weighted by molar-refractivity contribution is 6.04. The molecule has 142 valence electrons. The minimum atomic E-state index is -0.371. The van der Waals surface area contributed by atoms with Crippen LogP contribution in [0.4, 0.5) is 5.69 Å². The van der Waals surface area contributed by atoms with Crippen LogP contribution in [0.25, 0.3) is 0 Å². The average molecular weight is 369 g/mol. The number of benzene rings is 1. The van der Waals surface area contributed by atoms with Crippen LogP contribution in [-0.4, -0.2) is 30.3 Å². The molecule has 0 aliphatic heterocycles. The second-order valence-corrected chi connectivity index (χ2v) is 6.53. The molecule has 1 saturated carbocycles. The quantitative estimate of drug-likeness (QED) is 0.698. The van der Waals surface area contributed by atoms with Gasteiger partial charge in [0.2, 0.25) is 5.91 Å². The van der Waals surface area contributed by atoms with Gasteiger partial charge < -0.3 is 20.4 Å². The molecule has 0 unspecified atom stereocenters. The summed E-state index contributed by atoms with van der Waals surface area (Å²) in [6, 6.07) is 10.3. The Labute approximate surface area is 157 Å². The average Bonchev–Trinajstić information content (AvgIpc) is 3.36. The number of hydrogen-bond donors (Lipinski definition) is 3. The number of carbonyl (C=O) groups excluding carboxylic acids is 3. The van der Waals surface area contributed by atoms with Gasteiger partial charge in [-0.2, -0.15) is 0 Å². The van der Waals surface area contributed by atoms with Crippen molar-refractivity contribution in [1.82, 2.24) is 10.6 Å². The Balaban J connectivity index is 1.51. The highest BCUT2D eigenvalue weighted by Gasteiger charge is 2.20. The van der Waals surface area contributed by atoms with E-state index in [0.717, 1.165) is 25.7 Å². The van der Waals surface area contributed by atoms with Crippen molar-refractivity contribution in [3.05, 3.63) is 54.0 Å². The summed E-state index contributed by atoms with van der Waals surface area (Å²) in [6.07, 6.45) is 5.76. The Hall–Kier alpha value is -3.09. The summed E-state index contributed by atoms with van der Waals surface area (Å²) < 4.78 is 4.99. The lowest BCUT2D eigenvalue weighted by atomic mass is 10.1. The molecule has 0 saturated heterocycles. The Morgan fingerprint density at radius 2 is 1.78 bits per heavy atom. The van der Waals surface area contributed by atoms with Gasteiger partial charge in [-0.1, -0.05) is 25.0 Å². The highest BCUT2D eigenvalue weighted by atomic mass is 16.3. The van der Waals surface area contributed by atoms with Gasteiger partial charge in [-0.25, -0.2) is 0 Å². The first-order valence-electron chi connectivity index (χ1n) is 9.15. The fourth-order valence-corrected chi connectivity index (χ4v) is 3.12. The molecule has 0 bridgehead atoms. The van der Waals surface area contributed by atoms with E-state index >= 15 is 0 Å². The van der Waals surface area contributed by atoms with Gasteiger partial charge >= 0.3 is 0 Å². The minimum absolute atomic E-state index is 0.0883. The molecule has 3 amide bonds. The molecule has 27 heavy (non-hydrogen) atoms. The van der Waals surface area contributed by atoms with E-state index in [1.807, 2.05) is 0 Å². The molecule has 3 N–H and O–H groups in total. The molecule has 1 heterocycles. The first-order chi connectivity index (χ1) is 13.1. The smallest absolute Gasteiger partial charge is 0.286 e. The summed E-state index contributed by atoms with van der Waals surface area (Å²) in [5, 5.41) is 8.39. The molecule has 1 aliphatic carbocycles. The summed E-state index contributed by atoms with van der Waals surface area (Å²) in [4.78, 5) is 36.5. The van der Waals surface area contributed by atoms with E-state index in [9.17, 15) is 14.4 Å². The molecule has 1 aliphatic rings. The van der Waals surface area contributed by atoms with Gasteiger partial charge in [0.15, 0.2) is 5.76 Å². The largest absolute Gasteiger partial charge is 0.459 e. The fraction of sp³-hybridized carbons (Fsp3) is 0.350. The first-order valence-corrected chi connectivity index (χ1v) is 9.15. The zero-order valence-corrected chi connectivity index (χ0v) is 15.0. The molecule has 0 radical (unpaired) electrons. The fourth-order valence-electron chi connectivity index (χ4n) is 3.12. The van der Waals surface area contributed by atoms with Crippen LogP contribution in [0.2, 0.25) is 0 Å². The molecular weight excluding hydrogens is 346 g/mol. The molecule has 0 spiro atoms. The van der Waals surface area contributed by atoms with E-state index in [1.54, 1.807) is 36.4 Å². The van der Waals surface area contributed by atoms with Crippen molar-refractivity contribution in [2.24, 2.45) is 0 Å². The van der Waals surface area contributed by atoms with Crippen LogP contribution in [0.3, 0.4) is 0 Å². The third-order valence-corrected chi connectivity index (χ3v) is 4.52. The number of carbonyl (C=O) groups is 3. The van der Waals surface area contributed by atoms with Crippen LogP contribution in [0.5, 0.6) is 0 Å². The molecule has 3 rings (SSSR count). The number of anilines is 1. The number of rotatable bonds is 7. The molecule has 1 aromatic heterocycles. The Bertz CT molecular complexity index is 795. The van der Waals surface area contributed by atoms with Crippen LogP contribution in [0, 0.1) is 0 Å². The van der Waals surface area contributed by atoms with Gasteiger partial charge in [0.25, 0.3) is 11.8 Å². The van der Waals surface area contributed by atoms with Crippen molar-refractivity contribution in [3.8, 4) is 0 Å². The van der Waals surface area contributed by atoms with Crippen molar-refractivity contribution in [1.29, 1.82) is 0 Å². The molecular formula is C20H23N3O4. The predicted octanol–water partition coefficient (Wildman–Crippen LogP) is 2.71. The van der Waals surface area contributed by atoms with Crippen molar-refractivity contribution >= 4 is 23.4 Å². The molecule has 2 aromatic rings. The van der Waals surface area contributed by atoms with E-state index in [0.29, 0.717) is 11.3 Å². The van der Waals surface area contributed by atoms with Crippen molar-refractivity contribution in [2.75, 3.05) is 11.9 Å². The summed E-state index contributed by atoms with van der Waals surface area (Å²) in [6.45, 7) is 0.168. The minimum Gasteiger partial charge on any atom is -0.459 e. The Morgan fingerprint density at radius 1 is 1.00 bits per heavy atom. The maximum Gasteiger partial charge on any atom is 0.286 e. The molecule has 1 fully saturated rings. The van der Waals surface area contributed by atoms with Gasteiger partial charge in [0.1, 0.15) is 0 Å². The van der Waals surface area contributed by atoms with E-state index in [1.165, 1.54) is 6.26 Å². The lowest BCUT2D eigenvalue weighted by Crippen LogP contribution is -2.33. The van der Waals surface area contributed by atoms with Gasteiger partial charge in [-0.05, 0) is 37.1 Å². The third kappa shape index (κ3) is 5.20. The summed E-state index contributed by atoms with van der Waals surface area (Å²) in [7, 11) is 0. The van der Waals surface area contributed by atoms with Crippen molar-refractivity contribution in [2.45, 2.75) is 38.1 Å². The van der Waals surface area contributed by atoms with E-state index in [-0.39, 0.29) is 42.5 Å². The monoisotopic (exact) mass is 369 g/mol. The lowest BCUT2D eigenvalue weighted by molar-refractivity contribution is -0.116. The van der Waals surface area contributed by atoms with Gasteiger partial charge in [-0.3, -0.25) is 14.4 Å². The Kier molecular flexibility index (Phi) is 6.25. The number of nitrogens with one attached hydrogen (secondary N) is 3. The van der Waals surface area contributed by atoms with Gasteiger partial charge in [0.05, 0.1) is 17.5 Å².